The molecule has 1 aromatic heterocycles. The van der Waals surface area contributed by atoms with Crippen molar-refractivity contribution in [1.29, 1.82) is 0 Å². The van der Waals surface area contributed by atoms with E-state index in [0.717, 1.165) is 39.7 Å². The van der Waals surface area contributed by atoms with E-state index >= 15 is 0 Å². The van der Waals surface area contributed by atoms with Crippen molar-refractivity contribution in [1.82, 2.24) is 4.98 Å². The van der Waals surface area contributed by atoms with Crippen molar-refractivity contribution in [2.75, 3.05) is 12.4 Å². The number of fused-ring (bicyclic) bond motifs is 1. The lowest BCUT2D eigenvalue weighted by Crippen LogP contribution is -2.02. The van der Waals surface area contributed by atoms with Gasteiger partial charge in [0, 0.05) is 26.3 Å². The van der Waals surface area contributed by atoms with Gasteiger partial charge in [0.25, 0.3) is 0 Å². The Balaban J connectivity index is 1.41. The van der Waals surface area contributed by atoms with Gasteiger partial charge in [-0.15, -0.1) is 11.8 Å². The molecule has 0 aliphatic carbocycles. The molecule has 1 N–H and O–H groups in total. The van der Waals surface area contributed by atoms with Crippen molar-refractivity contribution in [3.05, 3.63) is 68.9 Å². The van der Waals surface area contributed by atoms with Crippen LogP contribution >= 0.6 is 27.7 Å². The molecule has 3 aromatic rings. The highest BCUT2D eigenvalue weighted by atomic mass is 79.9. The summed E-state index contributed by atoms with van der Waals surface area (Å²) in [5, 5.41) is 0.985. The molecule has 0 aliphatic rings. The highest BCUT2D eigenvalue weighted by Gasteiger charge is 2.00. The highest BCUT2D eigenvalue weighted by Crippen LogP contribution is 2.25. The second-order valence-electron chi connectivity index (χ2n) is 5.89. The molecule has 3 rings (SSSR count). The number of H-pyrrole nitrogens is 1. The average Bonchev–Trinajstić information content (AvgIpc) is 2.61. The second-order valence-corrected chi connectivity index (χ2v) is 7.91. The average molecular weight is 418 g/mol. The summed E-state index contributed by atoms with van der Waals surface area (Å²) in [6.45, 7) is 2.82. The molecule has 25 heavy (non-hydrogen) atoms. The van der Waals surface area contributed by atoms with E-state index in [2.05, 4.69) is 46.0 Å². The van der Waals surface area contributed by atoms with Gasteiger partial charge in [0.2, 0.25) is 5.56 Å². The molecule has 0 atom stereocenters. The van der Waals surface area contributed by atoms with E-state index in [1.807, 2.05) is 36.0 Å². The maximum absolute atomic E-state index is 11.3. The number of ether oxygens (including phenoxy) is 1. The number of hydrogen-bond acceptors (Lipinski definition) is 3. The predicted octanol–water partition coefficient (Wildman–Crippen LogP) is 5.55. The van der Waals surface area contributed by atoms with E-state index in [0.29, 0.717) is 6.61 Å². The summed E-state index contributed by atoms with van der Waals surface area (Å²) in [4.78, 5) is 15.4. The fourth-order valence-corrected chi connectivity index (χ4v) is 3.77. The summed E-state index contributed by atoms with van der Waals surface area (Å²) in [6, 6.07) is 15.6. The monoisotopic (exact) mass is 417 g/mol. The minimum absolute atomic E-state index is 0.0837. The number of hydrogen-bond donors (Lipinski definition) is 1. The molecule has 0 unspecified atom stereocenters. The fraction of sp³-hybridized carbons (Fsp3) is 0.250. The minimum Gasteiger partial charge on any atom is -0.494 e. The maximum Gasteiger partial charge on any atom is 0.248 e. The number of aromatic nitrogens is 1. The van der Waals surface area contributed by atoms with Crippen molar-refractivity contribution in [3.8, 4) is 5.75 Å². The first-order chi connectivity index (χ1) is 12.1. The molecule has 3 nitrogen and oxygen atoms in total. The van der Waals surface area contributed by atoms with Crippen LogP contribution in [0.1, 0.15) is 18.4 Å². The van der Waals surface area contributed by atoms with Gasteiger partial charge in [-0.1, -0.05) is 15.9 Å². The number of nitrogens with one attached hydrogen (secondary N) is 1. The van der Waals surface area contributed by atoms with Gasteiger partial charge in [-0.2, -0.15) is 0 Å². The summed E-state index contributed by atoms with van der Waals surface area (Å²) in [7, 11) is 0. The molecular weight excluding hydrogens is 398 g/mol. The zero-order valence-electron chi connectivity index (χ0n) is 14.0. The molecular formula is C20H20BrNO2S. The van der Waals surface area contributed by atoms with E-state index in [4.69, 9.17) is 4.74 Å². The molecule has 0 saturated heterocycles. The van der Waals surface area contributed by atoms with E-state index in [1.54, 1.807) is 0 Å². The van der Waals surface area contributed by atoms with Crippen LogP contribution in [0.4, 0.5) is 0 Å². The topological polar surface area (TPSA) is 42.1 Å². The van der Waals surface area contributed by atoms with Gasteiger partial charge in [-0.3, -0.25) is 4.79 Å². The van der Waals surface area contributed by atoms with Gasteiger partial charge in [0.1, 0.15) is 5.75 Å². The molecule has 130 valence electrons. The summed E-state index contributed by atoms with van der Waals surface area (Å²) in [6.07, 6.45) is 2.13. The summed E-state index contributed by atoms with van der Waals surface area (Å²) >= 11 is 5.41. The number of aromatic amines is 1. The zero-order valence-corrected chi connectivity index (χ0v) is 16.5. The molecule has 0 aliphatic heterocycles. The van der Waals surface area contributed by atoms with Crippen molar-refractivity contribution in [2.24, 2.45) is 0 Å². The molecule has 0 spiro atoms. The Morgan fingerprint density at radius 2 is 1.96 bits per heavy atom. The van der Waals surface area contributed by atoms with Crippen molar-refractivity contribution < 1.29 is 4.74 Å². The van der Waals surface area contributed by atoms with Gasteiger partial charge in [0.05, 0.1) is 6.61 Å². The minimum atomic E-state index is -0.0837. The van der Waals surface area contributed by atoms with E-state index < -0.39 is 0 Å². The standard InChI is InChI=1S/C20H20BrNO2S/c1-14-12-17(6-7-18(14)21)25-11-3-2-10-24-16-5-8-19-15(13-16)4-9-20(23)22-19/h4-9,12-13H,2-3,10-11H2,1H3,(H,22,23). The maximum atomic E-state index is 11.3. The van der Waals surface area contributed by atoms with E-state index in [1.165, 1.54) is 16.5 Å². The van der Waals surface area contributed by atoms with Crippen molar-refractivity contribution in [3.63, 3.8) is 0 Å². The smallest absolute Gasteiger partial charge is 0.248 e. The molecule has 5 heteroatoms. The Labute approximate surface area is 159 Å². The van der Waals surface area contributed by atoms with Crippen LogP contribution in [0.2, 0.25) is 0 Å². The number of aryl methyl sites for hydroxylation is 1. The van der Waals surface area contributed by atoms with Crippen LogP contribution < -0.4 is 10.3 Å². The van der Waals surface area contributed by atoms with E-state index in [9.17, 15) is 4.79 Å². The summed E-state index contributed by atoms with van der Waals surface area (Å²) in [5.74, 6) is 1.93. The van der Waals surface area contributed by atoms with Gasteiger partial charge in [-0.25, -0.2) is 0 Å². The van der Waals surface area contributed by atoms with Gasteiger partial charge < -0.3 is 9.72 Å². The molecule has 0 amide bonds. The molecule has 0 bridgehead atoms. The zero-order chi connectivity index (χ0) is 17.6. The quantitative estimate of drug-likeness (QED) is 0.404. The lowest BCUT2D eigenvalue weighted by Gasteiger charge is -2.08. The number of unbranched alkanes of at least 4 members (excludes halogenated alkanes) is 1. The third-order valence-electron chi connectivity index (χ3n) is 3.90. The third kappa shape index (κ3) is 5.13. The normalized spacial score (nSPS) is 11.0. The number of thioether (sulfide) groups is 1. The SMILES string of the molecule is Cc1cc(SCCCCOc2ccc3[nH]c(=O)ccc3c2)ccc1Br. The van der Waals surface area contributed by atoms with Crippen LogP contribution in [0.15, 0.2) is 62.7 Å². The van der Waals surface area contributed by atoms with Gasteiger partial charge >= 0.3 is 0 Å². The number of benzene rings is 2. The Morgan fingerprint density at radius 3 is 2.80 bits per heavy atom. The van der Waals surface area contributed by atoms with Gasteiger partial charge in [-0.05, 0) is 73.5 Å². The predicted molar refractivity (Wildman–Crippen MR) is 109 cm³/mol. The van der Waals surface area contributed by atoms with Crippen LogP contribution in [0.25, 0.3) is 10.9 Å². The summed E-state index contributed by atoms with van der Waals surface area (Å²) < 4.78 is 6.98. The summed E-state index contributed by atoms with van der Waals surface area (Å²) in [5.41, 5.74) is 2.02. The van der Waals surface area contributed by atoms with Crippen molar-refractivity contribution >= 4 is 38.6 Å². The Hall–Kier alpha value is -1.72. The second kappa shape index (κ2) is 8.59. The van der Waals surface area contributed by atoms with Crippen LogP contribution in [-0.4, -0.2) is 17.3 Å². The van der Waals surface area contributed by atoms with Crippen LogP contribution in [0.3, 0.4) is 0 Å². The van der Waals surface area contributed by atoms with Crippen LogP contribution in [0.5, 0.6) is 5.75 Å². The third-order valence-corrected chi connectivity index (χ3v) is 5.87. The fourth-order valence-electron chi connectivity index (χ4n) is 2.51. The molecule has 0 saturated carbocycles. The molecule has 1 heterocycles. The largest absolute Gasteiger partial charge is 0.494 e. The first-order valence-electron chi connectivity index (χ1n) is 8.27. The molecule has 0 fully saturated rings. The van der Waals surface area contributed by atoms with E-state index in [-0.39, 0.29) is 5.56 Å². The van der Waals surface area contributed by atoms with Crippen molar-refractivity contribution in [2.45, 2.75) is 24.7 Å². The van der Waals surface area contributed by atoms with Crippen LogP contribution in [0, 0.1) is 6.92 Å². The number of halogens is 1. The molecule has 0 radical (unpaired) electrons. The molecule has 2 aromatic carbocycles. The van der Waals surface area contributed by atoms with Crippen LogP contribution in [-0.2, 0) is 0 Å². The Kier molecular flexibility index (Phi) is 6.21. The highest BCUT2D eigenvalue weighted by molar-refractivity contribution is 9.10. The Bertz CT molecular complexity index is 923. The lowest BCUT2D eigenvalue weighted by molar-refractivity contribution is 0.310. The number of pyridine rings is 1. The first kappa shape index (κ1) is 18.1. The number of rotatable bonds is 7. The Morgan fingerprint density at radius 1 is 1.08 bits per heavy atom. The first-order valence-corrected chi connectivity index (χ1v) is 10.0. The lowest BCUT2D eigenvalue weighted by atomic mass is 10.2. The van der Waals surface area contributed by atoms with Gasteiger partial charge in [0.15, 0.2) is 0 Å².